The van der Waals surface area contributed by atoms with Gasteiger partial charge in [0.25, 0.3) is 0 Å². The fourth-order valence-corrected chi connectivity index (χ4v) is 1.11. The van der Waals surface area contributed by atoms with E-state index < -0.39 is 30.3 Å². The zero-order valence-corrected chi connectivity index (χ0v) is 11.6. The molecule has 0 aliphatic heterocycles. The molecule has 1 rings (SSSR count). The average Bonchev–Trinajstić information content (AvgIpc) is 2.44. The van der Waals surface area contributed by atoms with E-state index in [0.29, 0.717) is 6.61 Å². The zero-order chi connectivity index (χ0) is 17.3. The summed E-state index contributed by atoms with van der Waals surface area (Å²) in [5, 5.41) is 15.8. The van der Waals surface area contributed by atoms with Gasteiger partial charge in [-0.25, -0.2) is 4.79 Å². The summed E-state index contributed by atoms with van der Waals surface area (Å²) < 4.78 is 37.1. The van der Waals surface area contributed by atoms with Gasteiger partial charge in [0.1, 0.15) is 6.04 Å². The number of hydrogen-bond donors (Lipinski definition) is 3. The van der Waals surface area contributed by atoms with Crippen molar-refractivity contribution in [1.29, 1.82) is 0 Å². The zero-order valence-electron chi connectivity index (χ0n) is 11.6. The molecule has 2 atom stereocenters. The second kappa shape index (κ2) is 9.00. The van der Waals surface area contributed by atoms with Crippen molar-refractivity contribution in [3.63, 3.8) is 0 Å². The summed E-state index contributed by atoms with van der Waals surface area (Å²) in [5.74, 6) is -3.80. The number of alkyl halides is 3. The summed E-state index contributed by atoms with van der Waals surface area (Å²) in [6.07, 6.45) is -5.58. The van der Waals surface area contributed by atoms with Gasteiger partial charge in [0.15, 0.2) is 0 Å². The predicted molar refractivity (Wildman–Crippen MR) is 70.0 cm³/mol. The van der Waals surface area contributed by atoms with E-state index in [0.717, 1.165) is 5.56 Å². The van der Waals surface area contributed by atoms with Crippen LogP contribution < -0.4 is 5.73 Å². The molecule has 0 heterocycles. The van der Waals surface area contributed by atoms with Crippen LogP contribution in [0.15, 0.2) is 30.3 Å². The maximum atomic E-state index is 10.6. The van der Waals surface area contributed by atoms with Crippen LogP contribution in [0.5, 0.6) is 0 Å². The Morgan fingerprint density at radius 3 is 2.05 bits per heavy atom. The number of carbonyl (C=O) groups is 2. The Morgan fingerprint density at radius 1 is 1.23 bits per heavy atom. The van der Waals surface area contributed by atoms with E-state index in [2.05, 4.69) is 0 Å². The maximum absolute atomic E-state index is 10.6. The van der Waals surface area contributed by atoms with E-state index in [-0.39, 0.29) is 0 Å². The van der Waals surface area contributed by atoms with Crippen LogP contribution in [0.4, 0.5) is 13.2 Å². The van der Waals surface area contributed by atoms with Crippen molar-refractivity contribution in [2.24, 2.45) is 5.73 Å². The quantitative estimate of drug-likeness (QED) is 0.760. The standard InChI is InChI=1S/C11H15NO3.C2HF3O2/c1-8(10(12)11(13)14)15-7-9-5-3-2-4-6-9;3-2(4,5)1(6)7/h2-6,8,10H,7,12H2,1H3,(H,13,14);(H,6,7)/t8?,10-;/m0./s1. The molecule has 124 valence electrons. The lowest BCUT2D eigenvalue weighted by Crippen LogP contribution is -2.41. The van der Waals surface area contributed by atoms with Crippen LogP contribution >= 0.6 is 0 Å². The molecule has 1 unspecified atom stereocenters. The fourth-order valence-electron chi connectivity index (χ4n) is 1.11. The van der Waals surface area contributed by atoms with Gasteiger partial charge in [0.05, 0.1) is 12.7 Å². The number of benzene rings is 1. The molecule has 0 aliphatic carbocycles. The lowest BCUT2D eigenvalue weighted by Gasteiger charge is -2.16. The minimum absolute atomic E-state index is 0.378. The number of nitrogens with two attached hydrogens (primary N) is 1. The molecule has 0 saturated carbocycles. The molecule has 0 bridgehead atoms. The highest BCUT2D eigenvalue weighted by molar-refractivity contribution is 5.73. The Hall–Kier alpha value is -2.13. The van der Waals surface area contributed by atoms with Gasteiger partial charge < -0.3 is 20.7 Å². The first-order chi connectivity index (χ1) is 10.1. The van der Waals surface area contributed by atoms with Gasteiger partial charge in [0, 0.05) is 0 Å². The molecule has 0 amide bonds. The Bertz CT molecular complexity index is 478. The van der Waals surface area contributed by atoms with Crippen molar-refractivity contribution in [3.8, 4) is 0 Å². The first kappa shape index (κ1) is 19.9. The normalized spacial score (nSPS) is 13.5. The Balaban J connectivity index is 0.000000534. The largest absolute Gasteiger partial charge is 0.490 e. The highest BCUT2D eigenvalue weighted by Gasteiger charge is 2.38. The van der Waals surface area contributed by atoms with E-state index in [1.165, 1.54) is 0 Å². The van der Waals surface area contributed by atoms with Gasteiger partial charge in [-0.3, -0.25) is 4.79 Å². The van der Waals surface area contributed by atoms with Crippen molar-refractivity contribution >= 4 is 11.9 Å². The van der Waals surface area contributed by atoms with E-state index in [1.807, 2.05) is 30.3 Å². The number of carboxylic acid groups (broad SMARTS) is 2. The molecule has 0 aliphatic rings. The third kappa shape index (κ3) is 8.22. The topological polar surface area (TPSA) is 110 Å². The number of rotatable bonds is 5. The number of carboxylic acids is 2. The molecule has 1 aromatic rings. The highest BCUT2D eigenvalue weighted by Crippen LogP contribution is 2.13. The number of ether oxygens (including phenoxy) is 1. The summed E-state index contributed by atoms with van der Waals surface area (Å²) >= 11 is 0. The molecule has 0 saturated heterocycles. The van der Waals surface area contributed by atoms with Gasteiger partial charge in [-0.05, 0) is 12.5 Å². The average molecular weight is 323 g/mol. The van der Waals surface area contributed by atoms with E-state index in [4.69, 9.17) is 25.5 Å². The number of aliphatic carboxylic acids is 2. The van der Waals surface area contributed by atoms with Gasteiger partial charge in [-0.2, -0.15) is 13.2 Å². The van der Waals surface area contributed by atoms with E-state index in [1.54, 1.807) is 6.92 Å². The van der Waals surface area contributed by atoms with Crippen LogP contribution in [0.1, 0.15) is 12.5 Å². The van der Waals surface area contributed by atoms with Crippen LogP contribution in [-0.2, 0) is 20.9 Å². The van der Waals surface area contributed by atoms with Crippen molar-refractivity contribution in [2.45, 2.75) is 31.9 Å². The third-order valence-electron chi connectivity index (χ3n) is 2.39. The van der Waals surface area contributed by atoms with Crippen LogP contribution in [0.25, 0.3) is 0 Å². The molecule has 0 aromatic heterocycles. The molecular weight excluding hydrogens is 307 g/mol. The van der Waals surface area contributed by atoms with Gasteiger partial charge in [0.2, 0.25) is 0 Å². The first-order valence-electron chi connectivity index (χ1n) is 5.99. The highest BCUT2D eigenvalue weighted by atomic mass is 19.4. The number of halogens is 3. The molecule has 4 N–H and O–H groups in total. The van der Waals surface area contributed by atoms with Crippen LogP contribution in [0, 0.1) is 0 Å². The minimum Gasteiger partial charge on any atom is -0.480 e. The Morgan fingerprint density at radius 2 is 1.68 bits per heavy atom. The van der Waals surface area contributed by atoms with Gasteiger partial charge in [-0.15, -0.1) is 0 Å². The molecular formula is C13H16F3NO5. The van der Waals surface area contributed by atoms with Crippen molar-refractivity contribution in [1.82, 2.24) is 0 Å². The van der Waals surface area contributed by atoms with Crippen LogP contribution in [-0.4, -0.2) is 40.5 Å². The second-order valence-corrected chi connectivity index (χ2v) is 4.17. The van der Waals surface area contributed by atoms with Crippen LogP contribution in [0.2, 0.25) is 0 Å². The molecule has 1 aromatic carbocycles. The van der Waals surface area contributed by atoms with Gasteiger partial charge in [-0.1, -0.05) is 30.3 Å². The van der Waals surface area contributed by atoms with E-state index in [9.17, 15) is 18.0 Å². The Labute approximate surface area is 124 Å². The summed E-state index contributed by atoms with van der Waals surface area (Å²) in [5.41, 5.74) is 6.40. The Kier molecular flexibility index (Phi) is 8.13. The number of hydrogen-bond acceptors (Lipinski definition) is 4. The van der Waals surface area contributed by atoms with Crippen molar-refractivity contribution < 1.29 is 37.7 Å². The summed E-state index contributed by atoms with van der Waals surface area (Å²) in [6.45, 7) is 2.03. The summed E-state index contributed by atoms with van der Waals surface area (Å²) in [6, 6.07) is 8.57. The first-order valence-corrected chi connectivity index (χ1v) is 5.99. The molecule has 6 nitrogen and oxygen atoms in total. The summed E-state index contributed by atoms with van der Waals surface area (Å²) in [4.78, 5) is 19.4. The second-order valence-electron chi connectivity index (χ2n) is 4.17. The minimum atomic E-state index is -5.08. The fraction of sp³-hybridized carbons (Fsp3) is 0.385. The van der Waals surface area contributed by atoms with Crippen molar-refractivity contribution in [2.75, 3.05) is 0 Å². The third-order valence-corrected chi connectivity index (χ3v) is 2.39. The van der Waals surface area contributed by atoms with Crippen LogP contribution in [0.3, 0.4) is 0 Å². The maximum Gasteiger partial charge on any atom is 0.490 e. The van der Waals surface area contributed by atoms with Gasteiger partial charge >= 0.3 is 18.1 Å². The monoisotopic (exact) mass is 323 g/mol. The predicted octanol–water partition coefficient (Wildman–Crippen LogP) is 1.64. The summed E-state index contributed by atoms with van der Waals surface area (Å²) in [7, 11) is 0. The van der Waals surface area contributed by atoms with Crippen molar-refractivity contribution in [3.05, 3.63) is 35.9 Å². The molecule has 22 heavy (non-hydrogen) atoms. The van der Waals surface area contributed by atoms with E-state index >= 15 is 0 Å². The lowest BCUT2D eigenvalue weighted by atomic mass is 10.2. The SMILES string of the molecule is CC(OCc1ccccc1)[C@H](N)C(=O)O.O=C(O)C(F)(F)F. The molecule has 0 radical (unpaired) electrons. The molecule has 0 spiro atoms. The molecule has 0 fully saturated rings. The lowest BCUT2D eigenvalue weighted by molar-refractivity contribution is -0.192. The molecule has 9 heteroatoms. The smallest absolute Gasteiger partial charge is 0.480 e.